The molecule has 0 atom stereocenters. The van der Waals surface area contributed by atoms with Gasteiger partial charge < -0.3 is 20.1 Å². The van der Waals surface area contributed by atoms with Gasteiger partial charge in [0.15, 0.2) is 0 Å². The third-order valence-electron chi connectivity index (χ3n) is 7.08. The van der Waals surface area contributed by atoms with E-state index in [1.807, 2.05) is 0 Å². The molecule has 2 amide bonds. The highest BCUT2D eigenvalue weighted by Crippen LogP contribution is 2.31. The number of amides is 2. The van der Waals surface area contributed by atoms with Gasteiger partial charge in [-0.25, -0.2) is 9.59 Å². The van der Waals surface area contributed by atoms with Crippen LogP contribution in [0, 0.1) is 0 Å². The average Bonchev–Trinajstić information content (AvgIpc) is 2.83. The predicted octanol–water partition coefficient (Wildman–Crippen LogP) is 8.42. The Morgan fingerprint density at radius 3 is 1.02 bits per heavy atom. The second kappa shape index (κ2) is 13.3. The fourth-order valence-corrected chi connectivity index (χ4v) is 4.16. The SMILES string of the molecule is CC(C)(C)c1cc(CNC(=O)OCCCOC(=O)NCc2cc(C(C)(C)C)cc(C(C)(C)C)c2)cc(C(C)(C)C)c1. The first-order chi connectivity index (χ1) is 18.7. The number of hydrogen-bond donors (Lipinski definition) is 2. The lowest BCUT2D eigenvalue weighted by molar-refractivity contribution is 0.118. The molecule has 41 heavy (non-hydrogen) atoms. The van der Waals surface area contributed by atoms with Crippen molar-refractivity contribution in [1.82, 2.24) is 10.6 Å². The smallest absolute Gasteiger partial charge is 0.407 e. The van der Waals surface area contributed by atoms with Crippen LogP contribution in [0.15, 0.2) is 36.4 Å². The molecule has 0 saturated heterocycles. The second-order valence-electron chi connectivity index (χ2n) is 15.2. The van der Waals surface area contributed by atoms with Crippen molar-refractivity contribution in [3.8, 4) is 0 Å². The summed E-state index contributed by atoms with van der Waals surface area (Å²) in [6, 6.07) is 13.1. The average molecular weight is 567 g/mol. The van der Waals surface area contributed by atoms with Crippen LogP contribution in [0.5, 0.6) is 0 Å². The molecule has 2 rings (SSSR count). The molecule has 2 N–H and O–H groups in total. The van der Waals surface area contributed by atoms with Crippen LogP contribution in [0.1, 0.15) is 123 Å². The van der Waals surface area contributed by atoms with Crippen molar-refractivity contribution in [2.45, 2.75) is 124 Å². The summed E-state index contributed by atoms with van der Waals surface area (Å²) in [7, 11) is 0. The predicted molar refractivity (Wildman–Crippen MR) is 169 cm³/mol. The van der Waals surface area contributed by atoms with Crippen molar-refractivity contribution < 1.29 is 19.1 Å². The van der Waals surface area contributed by atoms with E-state index in [1.165, 1.54) is 22.3 Å². The standard InChI is InChI=1S/C35H54N2O4/c1-32(2,3)26-16-24(17-27(20-26)33(4,5)6)22-36-30(38)40-14-13-15-41-31(39)37-23-25-18-28(34(7,8)9)21-29(19-25)35(10,11)12/h16-21H,13-15,22-23H2,1-12H3,(H,36,38)(H,37,39). The zero-order valence-electron chi connectivity index (χ0n) is 27.6. The summed E-state index contributed by atoms with van der Waals surface area (Å²) < 4.78 is 10.6. The van der Waals surface area contributed by atoms with Crippen molar-refractivity contribution in [1.29, 1.82) is 0 Å². The normalized spacial score (nSPS) is 12.6. The summed E-state index contributed by atoms with van der Waals surface area (Å²) in [5.41, 5.74) is 7.07. The van der Waals surface area contributed by atoms with Gasteiger partial charge in [0, 0.05) is 19.5 Å². The second-order valence-corrected chi connectivity index (χ2v) is 15.2. The van der Waals surface area contributed by atoms with E-state index in [-0.39, 0.29) is 34.9 Å². The molecular weight excluding hydrogens is 512 g/mol. The van der Waals surface area contributed by atoms with E-state index in [9.17, 15) is 9.59 Å². The van der Waals surface area contributed by atoms with E-state index in [0.29, 0.717) is 19.5 Å². The lowest BCUT2D eigenvalue weighted by Crippen LogP contribution is -2.27. The van der Waals surface area contributed by atoms with Crippen LogP contribution in [0.2, 0.25) is 0 Å². The van der Waals surface area contributed by atoms with Crippen molar-refractivity contribution in [3.05, 3.63) is 69.8 Å². The van der Waals surface area contributed by atoms with Crippen LogP contribution in [-0.4, -0.2) is 25.4 Å². The first-order valence-corrected chi connectivity index (χ1v) is 14.8. The number of carbonyl (C=O) groups is 2. The molecule has 228 valence electrons. The molecule has 0 saturated carbocycles. The number of carbonyl (C=O) groups excluding carboxylic acids is 2. The molecule has 6 nitrogen and oxygen atoms in total. The molecule has 0 radical (unpaired) electrons. The first kappa shape index (κ1) is 34.2. The highest BCUT2D eigenvalue weighted by atomic mass is 16.6. The van der Waals surface area contributed by atoms with Gasteiger partial charge in [-0.2, -0.15) is 0 Å². The molecule has 0 spiro atoms. The van der Waals surface area contributed by atoms with E-state index >= 15 is 0 Å². The van der Waals surface area contributed by atoms with E-state index in [0.717, 1.165) is 11.1 Å². The van der Waals surface area contributed by atoms with Gasteiger partial charge in [0.25, 0.3) is 0 Å². The largest absolute Gasteiger partial charge is 0.449 e. The molecule has 6 heteroatoms. The first-order valence-electron chi connectivity index (χ1n) is 14.8. The van der Waals surface area contributed by atoms with Gasteiger partial charge in [-0.3, -0.25) is 0 Å². The monoisotopic (exact) mass is 566 g/mol. The maximum absolute atomic E-state index is 12.3. The summed E-state index contributed by atoms with van der Waals surface area (Å²) in [5, 5.41) is 5.69. The van der Waals surface area contributed by atoms with Crippen molar-refractivity contribution >= 4 is 12.2 Å². The van der Waals surface area contributed by atoms with E-state index in [4.69, 9.17) is 9.47 Å². The van der Waals surface area contributed by atoms with E-state index in [2.05, 4.69) is 130 Å². The molecule has 2 aromatic rings. The summed E-state index contributed by atoms with van der Waals surface area (Å²) in [6.45, 7) is 27.4. The number of benzene rings is 2. The van der Waals surface area contributed by atoms with Crippen molar-refractivity contribution in [2.75, 3.05) is 13.2 Å². The highest BCUT2D eigenvalue weighted by Gasteiger charge is 2.22. The Balaban J connectivity index is 1.79. The molecule has 0 aliphatic rings. The minimum Gasteiger partial charge on any atom is -0.449 e. The third-order valence-corrected chi connectivity index (χ3v) is 7.08. The lowest BCUT2D eigenvalue weighted by Gasteiger charge is -2.26. The Hall–Kier alpha value is -3.02. The number of nitrogens with one attached hydrogen (secondary N) is 2. The van der Waals surface area contributed by atoms with Gasteiger partial charge in [-0.05, 0) is 55.0 Å². The van der Waals surface area contributed by atoms with Gasteiger partial charge in [-0.15, -0.1) is 0 Å². The maximum Gasteiger partial charge on any atom is 0.407 e. The number of ether oxygens (including phenoxy) is 2. The molecule has 0 aliphatic heterocycles. The summed E-state index contributed by atoms with van der Waals surface area (Å²) in [6.07, 6.45) is -0.551. The Morgan fingerprint density at radius 2 is 0.780 bits per heavy atom. The van der Waals surface area contributed by atoms with Gasteiger partial charge in [-0.1, -0.05) is 119 Å². The number of rotatable bonds is 8. The molecular formula is C35H54N2O4. The fourth-order valence-electron chi connectivity index (χ4n) is 4.16. The Bertz CT molecular complexity index is 1030. The van der Waals surface area contributed by atoms with Crippen LogP contribution >= 0.6 is 0 Å². The topological polar surface area (TPSA) is 76.7 Å². The summed E-state index contributed by atoms with van der Waals surface area (Å²) >= 11 is 0. The van der Waals surface area contributed by atoms with Crippen LogP contribution in [0.4, 0.5) is 9.59 Å². The zero-order chi connectivity index (χ0) is 31.2. The minimum atomic E-state index is -0.485. The van der Waals surface area contributed by atoms with E-state index in [1.54, 1.807) is 0 Å². The molecule has 2 aromatic carbocycles. The molecule has 0 bridgehead atoms. The maximum atomic E-state index is 12.3. The molecule has 0 fully saturated rings. The minimum absolute atomic E-state index is 0.00857. The summed E-state index contributed by atoms with van der Waals surface area (Å²) in [4.78, 5) is 24.6. The van der Waals surface area contributed by atoms with E-state index < -0.39 is 12.2 Å². The molecule has 0 aromatic heterocycles. The Kier molecular flexibility index (Phi) is 11.1. The van der Waals surface area contributed by atoms with Crippen molar-refractivity contribution in [3.63, 3.8) is 0 Å². The zero-order valence-corrected chi connectivity index (χ0v) is 27.6. The van der Waals surface area contributed by atoms with Crippen molar-refractivity contribution in [2.24, 2.45) is 0 Å². The van der Waals surface area contributed by atoms with Gasteiger partial charge in [0.1, 0.15) is 0 Å². The molecule has 0 unspecified atom stereocenters. The number of alkyl carbamates (subject to hydrolysis) is 2. The highest BCUT2D eigenvalue weighted by molar-refractivity contribution is 5.67. The van der Waals surface area contributed by atoms with Crippen LogP contribution in [0.25, 0.3) is 0 Å². The van der Waals surface area contributed by atoms with Gasteiger partial charge in [0.2, 0.25) is 0 Å². The Labute approximate surface area is 249 Å². The van der Waals surface area contributed by atoms with Crippen LogP contribution in [0.3, 0.4) is 0 Å². The third kappa shape index (κ3) is 11.4. The van der Waals surface area contributed by atoms with Gasteiger partial charge in [0.05, 0.1) is 13.2 Å². The summed E-state index contributed by atoms with van der Waals surface area (Å²) in [5.74, 6) is 0. The lowest BCUT2D eigenvalue weighted by atomic mass is 9.79. The fraction of sp³-hybridized carbons (Fsp3) is 0.600. The number of hydrogen-bond acceptors (Lipinski definition) is 4. The van der Waals surface area contributed by atoms with Crippen LogP contribution < -0.4 is 10.6 Å². The van der Waals surface area contributed by atoms with Crippen LogP contribution in [-0.2, 0) is 44.2 Å². The van der Waals surface area contributed by atoms with Gasteiger partial charge >= 0.3 is 12.2 Å². The molecule has 0 aliphatic carbocycles. The quantitative estimate of drug-likeness (QED) is 0.315. The Morgan fingerprint density at radius 1 is 0.512 bits per heavy atom. The molecule has 0 heterocycles.